The molecule has 170 valence electrons. The predicted octanol–water partition coefficient (Wildman–Crippen LogP) is 1.63. The minimum absolute atomic E-state index is 0.0767. The van der Waals surface area contributed by atoms with Gasteiger partial charge in [0.1, 0.15) is 17.4 Å². The van der Waals surface area contributed by atoms with Crippen LogP contribution >= 0.6 is 15.2 Å². The standard InChI is InChI=1S/C17H19F2NO9P2/c18-10-2-3-11(13(19)8-10)9-1-4-15(21)12(7-9)16(22)14(20)5-6-17(23,30(24,25)26)31(27,28)29/h1-4,7-8,14,21,23H,5-6,20H2,(H2,24,25,26)(H2,27,28,29). The fourth-order valence-corrected chi connectivity index (χ4v) is 4.96. The Morgan fingerprint density at radius 3 is 2.13 bits per heavy atom. The molecule has 0 bridgehead atoms. The molecule has 0 saturated carbocycles. The van der Waals surface area contributed by atoms with Crippen LogP contribution in [-0.2, 0) is 9.13 Å². The fourth-order valence-electron chi connectivity index (χ4n) is 2.77. The van der Waals surface area contributed by atoms with Gasteiger partial charge in [0.05, 0.1) is 11.6 Å². The van der Waals surface area contributed by atoms with Gasteiger partial charge >= 0.3 is 15.2 Å². The van der Waals surface area contributed by atoms with Crippen LogP contribution in [0, 0.1) is 11.6 Å². The van der Waals surface area contributed by atoms with E-state index in [1.165, 1.54) is 6.07 Å². The van der Waals surface area contributed by atoms with Crippen LogP contribution < -0.4 is 5.73 Å². The first kappa shape index (κ1) is 25.3. The molecule has 0 aliphatic rings. The number of Topliss-reactive ketones (excluding diaryl/α,β-unsaturated/α-hetero) is 1. The van der Waals surface area contributed by atoms with Gasteiger partial charge in [0.2, 0.25) is 0 Å². The van der Waals surface area contributed by atoms with E-state index in [1.54, 1.807) is 0 Å². The highest BCUT2D eigenvalue weighted by atomic mass is 31.2. The van der Waals surface area contributed by atoms with Gasteiger partial charge < -0.3 is 35.5 Å². The molecule has 0 heterocycles. The third-order valence-electron chi connectivity index (χ3n) is 4.56. The summed E-state index contributed by atoms with van der Waals surface area (Å²) in [5.74, 6) is -3.37. The molecule has 1 atom stereocenters. The lowest BCUT2D eigenvalue weighted by atomic mass is 9.96. The molecule has 1 unspecified atom stereocenters. The zero-order chi connectivity index (χ0) is 23.8. The number of halogens is 2. The van der Waals surface area contributed by atoms with Gasteiger partial charge in [0, 0.05) is 18.1 Å². The third-order valence-corrected chi connectivity index (χ3v) is 8.44. The van der Waals surface area contributed by atoms with Gasteiger partial charge in [0.25, 0.3) is 5.08 Å². The summed E-state index contributed by atoms with van der Waals surface area (Å²) in [4.78, 5) is 49.1. The number of phenolic OH excluding ortho intramolecular Hbond substituents is 1. The molecule has 2 aromatic carbocycles. The Balaban J connectivity index is 2.32. The summed E-state index contributed by atoms with van der Waals surface area (Å²) >= 11 is 0. The van der Waals surface area contributed by atoms with Gasteiger partial charge in [-0.3, -0.25) is 13.9 Å². The van der Waals surface area contributed by atoms with Crippen LogP contribution in [0.4, 0.5) is 8.78 Å². The molecule has 0 aliphatic carbocycles. The number of carbonyl (C=O) groups is 1. The molecule has 0 aliphatic heterocycles. The second-order valence-electron chi connectivity index (χ2n) is 6.73. The number of aliphatic hydroxyl groups is 1. The number of benzene rings is 2. The average molecular weight is 481 g/mol. The van der Waals surface area contributed by atoms with Gasteiger partial charge in [-0.15, -0.1) is 0 Å². The lowest BCUT2D eigenvalue weighted by Crippen LogP contribution is -2.35. The van der Waals surface area contributed by atoms with Gasteiger partial charge in [-0.1, -0.05) is 6.07 Å². The number of carbonyl (C=O) groups excluding carboxylic acids is 1. The highest BCUT2D eigenvalue weighted by molar-refractivity contribution is 7.72. The van der Waals surface area contributed by atoms with E-state index in [0.29, 0.717) is 6.07 Å². The zero-order valence-corrected chi connectivity index (χ0v) is 17.4. The third kappa shape index (κ3) is 5.25. The summed E-state index contributed by atoms with van der Waals surface area (Å²) in [6, 6.07) is 4.37. The maximum atomic E-state index is 14.0. The molecule has 0 aromatic heterocycles. The summed E-state index contributed by atoms with van der Waals surface area (Å²) in [7, 11) is -11.5. The van der Waals surface area contributed by atoms with Crippen molar-refractivity contribution in [2.45, 2.75) is 24.0 Å². The first-order valence-electron chi connectivity index (χ1n) is 8.50. The number of rotatable bonds is 8. The van der Waals surface area contributed by atoms with Crippen LogP contribution in [0.25, 0.3) is 11.1 Å². The molecule has 0 fully saturated rings. The highest BCUT2D eigenvalue weighted by Crippen LogP contribution is 2.69. The number of ketones is 1. The van der Waals surface area contributed by atoms with E-state index in [2.05, 4.69) is 0 Å². The molecular formula is C17H19F2NO9P2. The zero-order valence-electron chi connectivity index (χ0n) is 15.6. The molecule has 2 aromatic rings. The molecule has 0 saturated heterocycles. The smallest absolute Gasteiger partial charge is 0.369 e. The first-order chi connectivity index (χ1) is 14.1. The van der Waals surface area contributed by atoms with Gasteiger partial charge in [-0.2, -0.15) is 0 Å². The van der Waals surface area contributed by atoms with Gasteiger partial charge in [0.15, 0.2) is 5.78 Å². The van der Waals surface area contributed by atoms with Crippen LogP contribution in [0.15, 0.2) is 36.4 Å². The topological polar surface area (TPSA) is 199 Å². The van der Waals surface area contributed by atoms with Crippen LogP contribution in [0.1, 0.15) is 23.2 Å². The minimum atomic E-state index is -5.73. The predicted molar refractivity (Wildman–Crippen MR) is 104 cm³/mol. The quantitative estimate of drug-likeness (QED) is 0.215. The van der Waals surface area contributed by atoms with Crippen LogP contribution in [0.2, 0.25) is 0 Å². The van der Waals surface area contributed by atoms with Gasteiger partial charge in [-0.25, -0.2) is 8.78 Å². The average Bonchev–Trinajstić information content (AvgIpc) is 2.64. The molecule has 10 nitrogen and oxygen atoms in total. The SMILES string of the molecule is NC(CCC(O)(P(=O)(O)O)P(=O)(O)O)C(=O)c1cc(-c2ccc(F)cc2F)ccc1O. The normalized spacial score (nSPS) is 13.8. The van der Waals surface area contributed by atoms with Crippen molar-refractivity contribution in [2.24, 2.45) is 5.73 Å². The Kier molecular flexibility index (Phi) is 7.21. The summed E-state index contributed by atoms with van der Waals surface area (Å²) < 4.78 is 49.9. The van der Waals surface area contributed by atoms with Crippen molar-refractivity contribution < 1.29 is 52.5 Å². The second-order valence-corrected chi connectivity index (χ2v) is 10.7. The Morgan fingerprint density at radius 2 is 1.61 bits per heavy atom. The maximum Gasteiger partial charge on any atom is 0.369 e. The van der Waals surface area contributed by atoms with Crippen molar-refractivity contribution in [3.63, 3.8) is 0 Å². The van der Waals surface area contributed by atoms with Crippen molar-refractivity contribution >= 4 is 21.0 Å². The summed E-state index contributed by atoms with van der Waals surface area (Å²) in [5.41, 5.74) is 5.20. The van der Waals surface area contributed by atoms with Crippen molar-refractivity contribution in [3.05, 3.63) is 53.6 Å². The monoisotopic (exact) mass is 481 g/mol. The van der Waals surface area contributed by atoms with E-state index < -0.39 is 67.9 Å². The number of phenols is 1. The number of hydrogen-bond acceptors (Lipinski definition) is 6. The lowest BCUT2D eigenvalue weighted by Gasteiger charge is -2.29. The Bertz CT molecular complexity index is 1080. The molecule has 0 spiro atoms. The van der Waals surface area contributed by atoms with E-state index in [1.807, 2.05) is 0 Å². The van der Waals surface area contributed by atoms with E-state index in [-0.39, 0.29) is 11.1 Å². The van der Waals surface area contributed by atoms with E-state index in [4.69, 9.17) is 25.3 Å². The molecule has 2 rings (SSSR count). The maximum absolute atomic E-state index is 14.0. The number of hydrogen-bond donors (Lipinski definition) is 7. The van der Waals surface area contributed by atoms with Crippen LogP contribution in [-0.4, -0.2) is 46.7 Å². The van der Waals surface area contributed by atoms with Gasteiger partial charge in [-0.05, 0) is 36.2 Å². The largest absolute Gasteiger partial charge is 0.507 e. The van der Waals surface area contributed by atoms with Crippen molar-refractivity contribution in [2.75, 3.05) is 0 Å². The molecule has 14 heteroatoms. The van der Waals surface area contributed by atoms with Crippen molar-refractivity contribution in [1.82, 2.24) is 0 Å². The van der Waals surface area contributed by atoms with Crippen LogP contribution in [0.5, 0.6) is 5.75 Å². The van der Waals surface area contributed by atoms with Crippen molar-refractivity contribution in [3.8, 4) is 16.9 Å². The lowest BCUT2D eigenvalue weighted by molar-refractivity contribution is 0.0919. The second kappa shape index (κ2) is 8.85. The number of aromatic hydroxyl groups is 1. The Morgan fingerprint density at radius 1 is 1.03 bits per heavy atom. The van der Waals surface area contributed by atoms with E-state index in [0.717, 1.165) is 24.3 Å². The van der Waals surface area contributed by atoms with E-state index in [9.17, 15) is 32.9 Å². The molecular weight excluding hydrogens is 462 g/mol. The van der Waals surface area contributed by atoms with Crippen molar-refractivity contribution in [1.29, 1.82) is 0 Å². The summed E-state index contributed by atoms with van der Waals surface area (Å²) in [6.07, 6.45) is -2.01. The summed E-state index contributed by atoms with van der Waals surface area (Å²) in [5, 5.41) is 16.1. The van der Waals surface area contributed by atoms with E-state index >= 15 is 0 Å². The molecule has 31 heavy (non-hydrogen) atoms. The molecule has 0 amide bonds. The minimum Gasteiger partial charge on any atom is -0.507 e. The number of nitrogens with two attached hydrogens (primary N) is 1. The Labute approximate surface area is 174 Å². The summed E-state index contributed by atoms with van der Waals surface area (Å²) in [6.45, 7) is 0. The molecule has 0 radical (unpaired) electrons. The Hall–Kier alpha value is -2.01. The fraction of sp³-hybridized carbons (Fsp3) is 0.235. The first-order valence-corrected chi connectivity index (χ1v) is 11.7. The van der Waals surface area contributed by atoms with Crippen LogP contribution in [0.3, 0.4) is 0 Å². The molecule has 8 N–H and O–H groups in total. The highest BCUT2D eigenvalue weighted by Gasteiger charge is 2.59.